The number of allylic oxidation sites excluding steroid dienone is 2. The number of hydrogen-bond acceptors (Lipinski definition) is 4. The van der Waals surface area contributed by atoms with Crippen molar-refractivity contribution in [2.45, 2.75) is 18.9 Å². The third-order valence-electron chi connectivity index (χ3n) is 6.30. The van der Waals surface area contributed by atoms with Crippen LogP contribution in [0, 0.1) is 11.8 Å². The van der Waals surface area contributed by atoms with Crippen molar-refractivity contribution in [3.63, 3.8) is 0 Å². The molecular weight excluding hydrogens is 412 g/mol. The summed E-state index contributed by atoms with van der Waals surface area (Å²) in [6.07, 6.45) is 5.18. The number of ether oxygens (including phenoxy) is 3. The third-order valence-corrected chi connectivity index (χ3v) is 6.30. The van der Waals surface area contributed by atoms with Crippen molar-refractivity contribution < 1.29 is 19.0 Å². The molecule has 170 valence electrons. The molecule has 0 spiro atoms. The number of rotatable bonds is 9. The average Bonchev–Trinajstić information content (AvgIpc) is 2.89. The Kier molecular flexibility index (Phi) is 7.59. The molecule has 33 heavy (non-hydrogen) atoms. The minimum Gasteiger partial charge on any atom is -0.497 e. The van der Waals surface area contributed by atoms with Crippen LogP contribution in [0.2, 0.25) is 0 Å². The Balaban J connectivity index is 1.54. The molecule has 4 rings (SSSR count). The largest absolute Gasteiger partial charge is 0.497 e. The van der Waals surface area contributed by atoms with Gasteiger partial charge in [0, 0.05) is 17.4 Å². The predicted octanol–water partition coefficient (Wildman–Crippen LogP) is 6.08. The summed E-state index contributed by atoms with van der Waals surface area (Å²) in [5, 5.41) is 0. The van der Waals surface area contributed by atoms with Gasteiger partial charge in [-0.25, -0.2) is 0 Å². The van der Waals surface area contributed by atoms with Crippen LogP contribution in [0.5, 0.6) is 11.5 Å². The summed E-state index contributed by atoms with van der Waals surface area (Å²) in [7, 11) is 3.32. The molecule has 4 nitrogen and oxygen atoms in total. The average molecular weight is 443 g/mol. The molecule has 0 heterocycles. The van der Waals surface area contributed by atoms with E-state index in [1.165, 1.54) is 0 Å². The maximum Gasteiger partial charge on any atom is 0.167 e. The number of carbonyl (C=O) groups excluding carboxylic acids is 1. The second kappa shape index (κ2) is 11.0. The minimum absolute atomic E-state index is 0.00745. The van der Waals surface area contributed by atoms with Gasteiger partial charge >= 0.3 is 0 Å². The quantitative estimate of drug-likeness (QED) is 0.298. The van der Waals surface area contributed by atoms with Crippen LogP contribution >= 0.6 is 0 Å². The number of carbonyl (C=O) groups is 1. The highest BCUT2D eigenvalue weighted by Crippen LogP contribution is 2.40. The van der Waals surface area contributed by atoms with Crippen molar-refractivity contribution >= 4 is 5.78 Å². The van der Waals surface area contributed by atoms with Crippen LogP contribution in [0.15, 0.2) is 91.0 Å². The topological polar surface area (TPSA) is 44.8 Å². The minimum atomic E-state index is -0.193. The molecule has 0 aliphatic heterocycles. The second-order valence-corrected chi connectivity index (χ2v) is 8.34. The van der Waals surface area contributed by atoms with Gasteiger partial charge in [-0.1, -0.05) is 66.7 Å². The highest BCUT2D eigenvalue weighted by molar-refractivity contribution is 5.99. The van der Waals surface area contributed by atoms with Crippen molar-refractivity contribution in [3.8, 4) is 11.5 Å². The Labute approximate surface area is 195 Å². The fourth-order valence-electron chi connectivity index (χ4n) is 4.50. The SMILES string of the molecule is COc1ccc(COC[C@H]2CC=C[C@H](c3ccc(OC)cc3)[C@@H]2C(=O)c2ccccc2)cc1. The first kappa shape index (κ1) is 22.8. The lowest BCUT2D eigenvalue weighted by molar-refractivity contribution is 0.0521. The summed E-state index contributed by atoms with van der Waals surface area (Å²) in [6, 6.07) is 25.5. The van der Waals surface area contributed by atoms with Crippen LogP contribution < -0.4 is 9.47 Å². The highest BCUT2D eigenvalue weighted by atomic mass is 16.5. The third kappa shape index (κ3) is 5.52. The van der Waals surface area contributed by atoms with Crippen molar-refractivity contribution in [1.29, 1.82) is 0 Å². The molecular formula is C29H30O4. The first-order valence-corrected chi connectivity index (χ1v) is 11.3. The van der Waals surface area contributed by atoms with E-state index < -0.39 is 0 Å². The number of Topliss-reactive ketones (excluding diaryl/α,β-unsaturated/α-hetero) is 1. The van der Waals surface area contributed by atoms with Crippen LogP contribution in [0.4, 0.5) is 0 Å². The lowest BCUT2D eigenvalue weighted by Gasteiger charge is -2.34. The van der Waals surface area contributed by atoms with Gasteiger partial charge in [-0.05, 0) is 47.7 Å². The van der Waals surface area contributed by atoms with E-state index in [2.05, 4.69) is 24.3 Å². The van der Waals surface area contributed by atoms with E-state index in [1.54, 1.807) is 14.2 Å². The molecule has 0 saturated carbocycles. The fourth-order valence-corrected chi connectivity index (χ4v) is 4.50. The maximum absolute atomic E-state index is 13.7. The van der Waals surface area contributed by atoms with Crippen molar-refractivity contribution in [1.82, 2.24) is 0 Å². The van der Waals surface area contributed by atoms with Crippen LogP contribution in [0.3, 0.4) is 0 Å². The van der Waals surface area contributed by atoms with E-state index in [0.717, 1.165) is 34.6 Å². The first-order valence-electron chi connectivity index (χ1n) is 11.3. The van der Waals surface area contributed by atoms with Crippen LogP contribution in [0.25, 0.3) is 0 Å². The predicted molar refractivity (Wildman–Crippen MR) is 130 cm³/mol. The monoisotopic (exact) mass is 442 g/mol. The molecule has 3 aromatic carbocycles. The van der Waals surface area contributed by atoms with E-state index in [9.17, 15) is 4.79 Å². The molecule has 0 bridgehead atoms. The molecule has 0 unspecified atom stereocenters. The number of hydrogen-bond donors (Lipinski definition) is 0. The molecule has 0 fully saturated rings. The van der Waals surface area contributed by atoms with E-state index in [-0.39, 0.29) is 23.5 Å². The maximum atomic E-state index is 13.7. The standard InChI is InChI=1S/C29H30O4/c1-31-25-15-11-21(12-16-25)19-33-20-24-9-6-10-27(22-13-17-26(32-2)18-14-22)28(24)29(30)23-7-4-3-5-8-23/h3-8,10-18,24,27-28H,9,19-20H2,1-2H3/t24-,27-,28-/m1/s1. The molecule has 3 aromatic rings. The normalized spacial score (nSPS) is 19.8. The Morgan fingerprint density at radius 1 is 0.848 bits per heavy atom. The van der Waals surface area contributed by atoms with Gasteiger partial charge in [0.25, 0.3) is 0 Å². The lowest BCUT2D eigenvalue weighted by Crippen LogP contribution is -2.34. The van der Waals surface area contributed by atoms with Crippen molar-refractivity contribution in [3.05, 3.63) is 108 Å². The summed E-state index contributed by atoms with van der Waals surface area (Å²) in [6.45, 7) is 1.02. The van der Waals surface area contributed by atoms with Crippen molar-refractivity contribution in [2.24, 2.45) is 11.8 Å². The van der Waals surface area contributed by atoms with Gasteiger partial charge in [0.2, 0.25) is 0 Å². The fraction of sp³-hybridized carbons (Fsp3) is 0.276. The Morgan fingerprint density at radius 2 is 1.48 bits per heavy atom. The van der Waals surface area contributed by atoms with E-state index in [4.69, 9.17) is 14.2 Å². The van der Waals surface area contributed by atoms with Crippen LogP contribution in [0.1, 0.15) is 33.8 Å². The van der Waals surface area contributed by atoms with Gasteiger partial charge in [-0.15, -0.1) is 0 Å². The summed E-state index contributed by atoms with van der Waals surface area (Å²) in [4.78, 5) is 13.7. The van der Waals surface area contributed by atoms with E-state index >= 15 is 0 Å². The first-order chi connectivity index (χ1) is 16.2. The molecule has 0 radical (unpaired) electrons. The number of ketones is 1. The highest BCUT2D eigenvalue weighted by Gasteiger charge is 2.37. The summed E-state index contributed by atoms with van der Waals surface area (Å²) in [5.74, 6) is 1.69. The Hall–Kier alpha value is -3.37. The molecule has 4 heteroatoms. The molecule has 0 aromatic heterocycles. The Bertz CT molecular complexity index is 1060. The van der Waals surface area contributed by atoms with Crippen LogP contribution in [-0.2, 0) is 11.3 Å². The zero-order chi connectivity index (χ0) is 23.0. The second-order valence-electron chi connectivity index (χ2n) is 8.34. The molecule has 0 amide bonds. The smallest absolute Gasteiger partial charge is 0.167 e. The van der Waals surface area contributed by atoms with Crippen LogP contribution in [-0.4, -0.2) is 26.6 Å². The van der Waals surface area contributed by atoms with Gasteiger partial charge in [0.15, 0.2) is 5.78 Å². The Morgan fingerprint density at radius 3 is 2.12 bits per heavy atom. The van der Waals surface area contributed by atoms with E-state index in [0.29, 0.717) is 13.2 Å². The summed E-state index contributed by atoms with van der Waals surface area (Å²) in [5.41, 5.74) is 2.94. The molecule has 0 N–H and O–H groups in total. The molecule has 1 aliphatic carbocycles. The zero-order valence-electron chi connectivity index (χ0n) is 19.1. The molecule has 0 saturated heterocycles. The van der Waals surface area contributed by atoms with Crippen molar-refractivity contribution in [2.75, 3.05) is 20.8 Å². The number of benzene rings is 3. The van der Waals surface area contributed by atoms with Gasteiger partial charge < -0.3 is 14.2 Å². The van der Waals surface area contributed by atoms with Gasteiger partial charge in [0.05, 0.1) is 27.4 Å². The number of methoxy groups -OCH3 is 2. The van der Waals surface area contributed by atoms with Gasteiger partial charge in [-0.3, -0.25) is 4.79 Å². The summed E-state index contributed by atoms with van der Waals surface area (Å²) < 4.78 is 16.7. The van der Waals surface area contributed by atoms with Gasteiger partial charge in [-0.2, -0.15) is 0 Å². The molecule has 1 aliphatic rings. The van der Waals surface area contributed by atoms with E-state index in [1.807, 2.05) is 66.7 Å². The lowest BCUT2D eigenvalue weighted by atomic mass is 9.70. The molecule has 3 atom stereocenters. The van der Waals surface area contributed by atoms with Gasteiger partial charge in [0.1, 0.15) is 11.5 Å². The zero-order valence-corrected chi connectivity index (χ0v) is 19.1. The summed E-state index contributed by atoms with van der Waals surface area (Å²) >= 11 is 0.